The molecule has 1 saturated carbocycles. The van der Waals surface area contributed by atoms with Gasteiger partial charge in [0.25, 0.3) is 0 Å². The Hall–Kier alpha value is -0.940. The van der Waals surface area contributed by atoms with Crippen LogP contribution in [0, 0.1) is 0 Å². The van der Waals surface area contributed by atoms with Gasteiger partial charge in [-0.15, -0.1) is 0 Å². The summed E-state index contributed by atoms with van der Waals surface area (Å²) in [4.78, 5) is 4.56. The fourth-order valence-corrected chi connectivity index (χ4v) is 2.84. The molecule has 19 heavy (non-hydrogen) atoms. The maximum atomic E-state index is 6.26. The number of nitrogens with two attached hydrogens (primary N) is 1. The molecule has 2 N–H and O–H groups in total. The Morgan fingerprint density at radius 3 is 2.95 bits per heavy atom. The molecule has 0 aromatic carbocycles. The second-order valence-corrected chi connectivity index (χ2v) is 5.74. The van der Waals surface area contributed by atoms with Gasteiger partial charge in [-0.2, -0.15) is 4.98 Å². The van der Waals surface area contributed by atoms with E-state index in [9.17, 15) is 0 Å². The molecule has 3 unspecified atom stereocenters. The zero-order valence-electron chi connectivity index (χ0n) is 12.2. The fourth-order valence-electron chi connectivity index (χ4n) is 2.84. The summed E-state index contributed by atoms with van der Waals surface area (Å²) >= 11 is 0. The van der Waals surface area contributed by atoms with E-state index in [1.54, 1.807) is 7.11 Å². The molecule has 5 heteroatoms. The molecule has 3 atom stereocenters. The normalized spacial score (nSPS) is 29.4. The molecule has 108 valence electrons. The van der Waals surface area contributed by atoms with Crippen molar-refractivity contribution >= 4 is 0 Å². The van der Waals surface area contributed by atoms with E-state index < -0.39 is 0 Å². The van der Waals surface area contributed by atoms with Crippen LogP contribution in [-0.4, -0.2) is 23.3 Å². The van der Waals surface area contributed by atoms with E-state index in [-0.39, 0.29) is 17.6 Å². The highest BCUT2D eigenvalue weighted by Gasteiger charge is 2.41. The van der Waals surface area contributed by atoms with Crippen molar-refractivity contribution in [3.8, 4) is 0 Å². The summed E-state index contributed by atoms with van der Waals surface area (Å²) in [6.45, 7) is 4.25. The molecule has 0 spiro atoms. The molecular formula is C14H25N3O2. The van der Waals surface area contributed by atoms with E-state index in [2.05, 4.69) is 24.0 Å². The summed E-state index contributed by atoms with van der Waals surface area (Å²) in [6.07, 6.45) is 6.25. The van der Waals surface area contributed by atoms with Crippen LogP contribution in [-0.2, 0) is 10.2 Å². The summed E-state index contributed by atoms with van der Waals surface area (Å²) < 4.78 is 10.9. The number of nitrogens with zero attached hydrogens (tertiary/aromatic N) is 2. The third-order valence-electron chi connectivity index (χ3n) is 4.33. The predicted octanol–water partition coefficient (Wildman–Crippen LogP) is 2.72. The van der Waals surface area contributed by atoms with Crippen LogP contribution in [0.3, 0.4) is 0 Å². The number of hydrogen-bond donors (Lipinski definition) is 1. The number of hydrogen-bond acceptors (Lipinski definition) is 5. The van der Waals surface area contributed by atoms with Gasteiger partial charge in [0.15, 0.2) is 0 Å². The summed E-state index contributed by atoms with van der Waals surface area (Å²) in [6, 6.07) is 0.0988. The summed E-state index contributed by atoms with van der Waals surface area (Å²) in [5, 5.41) is 4.09. The van der Waals surface area contributed by atoms with Crippen LogP contribution in [0.1, 0.15) is 70.2 Å². The topological polar surface area (TPSA) is 74.2 Å². The molecule has 0 bridgehead atoms. The van der Waals surface area contributed by atoms with E-state index in [1.807, 2.05) is 0 Å². The maximum absolute atomic E-state index is 6.26. The van der Waals surface area contributed by atoms with Gasteiger partial charge in [0, 0.05) is 13.2 Å². The first-order valence-electron chi connectivity index (χ1n) is 7.24. The lowest BCUT2D eigenvalue weighted by molar-refractivity contribution is 0.0854. The quantitative estimate of drug-likeness (QED) is 0.887. The van der Waals surface area contributed by atoms with Crippen LogP contribution in [0.5, 0.6) is 0 Å². The SMILES string of the molecule is CCCC(OC)c1noc(C2(C)CCCCC2N)n1. The van der Waals surface area contributed by atoms with Gasteiger partial charge < -0.3 is 15.0 Å². The molecule has 1 aromatic heterocycles. The minimum Gasteiger partial charge on any atom is -0.373 e. The largest absolute Gasteiger partial charge is 0.373 e. The van der Waals surface area contributed by atoms with Crippen molar-refractivity contribution < 1.29 is 9.26 Å². The third-order valence-corrected chi connectivity index (χ3v) is 4.33. The van der Waals surface area contributed by atoms with Gasteiger partial charge in [-0.1, -0.05) is 31.3 Å². The first-order chi connectivity index (χ1) is 9.11. The van der Waals surface area contributed by atoms with Gasteiger partial charge in [-0.25, -0.2) is 0 Å². The molecule has 0 amide bonds. The first kappa shape index (κ1) is 14.5. The first-order valence-corrected chi connectivity index (χ1v) is 7.24. The van der Waals surface area contributed by atoms with Gasteiger partial charge in [0.1, 0.15) is 6.10 Å². The Kier molecular flexibility index (Phi) is 4.58. The highest BCUT2D eigenvalue weighted by Crippen LogP contribution is 2.37. The van der Waals surface area contributed by atoms with Crippen molar-refractivity contribution in [2.45, 2.75) is 69.9 Å². The molecule has 0 radical (unpaired) electrons. The zero-order chi connectivity index (χ0) is 13.9. The van der Waals surface area contributed by atoms with Crippen molar-refractivity contribution in [1.29, 1.82) is 0 Å². The molecule has 0 saturated heterocycles. The number of ether oxygens (including phenoxy) is 1. The predicted molar refractivity (Wildman–Crippen MR) is 72.8 cm³/mol. The van der Waals surface area contributed by atoms with Crippen molar-refractivity contribution in [2.75, 3.05) is 7.11 Å². The summed E-state index contributed by atoms with van der Waals surface area (Å²) in [5.41, 5.74) is 6.08. The van der Waals surface area contributed by atoms with E-state index in [0.29, 0.717) is 11.7 Å². The number of aromatic nitrogens is 2. The minimum absolute atomic E-state index is 0.0779. The van der Waals surface area contributed by atoms with Crippen LogP contribution in [0.4, 0.5) is 0 Å². The second-order valence-electron chi connectivity index (χ2n) is 5.74. The molecule has 1 fully saturated rings. The van der Waals surface area contributed by atoms with Gasteiger partial charge >= 0.3 is 0 Å². The average Bonchev–Trinajstić information content (AvgIpc) is 2.89. The lowest BCUT2D eigenvalue weighted by Gasteiger charge is -2.35. The van der Waals surface area contributed by atoms with Gasteiger partial charge in [0.2, 0.25) is 11.7 Å². The van der Waals surface area contributed by atoms with Crippen molar-refractivity contribution in [2.24, 2.45) is 5.73 Å². The van der Waals surface area contributed by atoms with Crippen LogP contribution >= 0.6 is 0 Å². The molecule has 2 rings (SSSR count). The molecule has 1 heterocycles. The number of methoxy groups -OCH3 is 1. The molecule has 1 aromatic rings. The molecule has 5 nitrogen and oxygen atoms in total. The summed E-state index contributed by atoms with van der Waals surface area (Å²) in [7, 11) is 1.68. The monoisotopic (exact) mass is 267 g/mol. The molecule has 1 aliphatic rings. The van der Waals surface area contributed by atoms with Gasteiger partial charge in [-0.05, 0) is 26.2 Å². The fraction of sp³-hybridized carbons (Fsp3) is 0.857. The lowest BCUT2D eigenvalue weighted by Crippen LogP contribution is -2.45. The molecule has 0 aliphatic heterocycles. The number of rotatable bonds is 5. The van der Waals surface area contributed by atoms with Crippen LogP contribution in [0.2, 0.25) is 0 Å². The highest BCUT2D eigenvalue weighted by atomic mass is 16.5. The smallest absolute Gasteiger partial charge is 0.234 e. The minimum atomic E-state index is -0.187. The second kappa shape index (κ2) is 6.01. The lowest BCUT2D eigenvalue weighted by atomic mass is 9.72. The standard InChI is InChI=1S/C14H25N3O2/c1-4-7-10(18-3)12-16-13(19-17-12)14(2)9-6-5-8-11(14)15/h10-11H,4-9,15H2,1-3H3. The van der Waals surface area contributed by atoms with Crippen LogP contribution < -0.4 is 5.73 Å². The van der Waals surface area contributed by atoms with E-state index >= 15 is 0 Å². The Balaban J connectivity index is 2.19. The van der Waals surface area contributed by atoms with Crippen molar-refractivity contribution in [1.82, 2.24) is 10.1 Å². The maximum Gasteiger partial charge on any atom is 0.234 e. The van der Waals surface area contributed by atoms with Crippen LogP contribution in [0.25, 0.3) is 0 Å². The van der Waals surface area contributed by atoms with Gasteiger partial charge in [-0.3, -0.25) is 0 Å². The van der Waals surface area contributed by atoms with Crippen molar-refractivity contribution in [3.63, 3.8) is 0 Å². The van der Waals surface area contributed by atoms with E-state index in [1.165, 1.54) is 12.8 Å². The van der Waals surface area contributed by atoms with E-state index in [0.717, 1.165) is 25.7 Å². The Morgan fingerprint density at radius 2 is 2.32 bits per heavy atom. The van der Waals surface area contributed by atoms with Gasteiger partial charge in [0.05, 0.1) is 5.41 Å². The average molecular weight is 267 g/mol. The molecular weight excluding hydrogens is 242 g/mol. The Bertz CT molecular complexity index is 407. The van der Waals surface area contributed by atoms with Crippen molar-refractivity contribution in [3.05, 3.63) is 11.7 Å². The molecule has 1 aliphatic carbocycles. The third kappa shape index (κ3) is 2.82. The highest BCUT2D eigenvalue weighted by molar-refractivity contribution is 5.10. The Morgan fingerprint density at radius 1 is 1.53 bits per heavy atom. The summed E-state index contributed by atoms with van der Waals surface area (Å²) in [5.74, 6) is 1.33. The zero-order valence-corrected chi connectivity index (χ0v) is 12.2. The Labute approximate surface area is 114 Å². The van der Waals surface area contributed by atoms with E-state index in [4.69, 9.17) is 15.0 Å². The van der Waals surface area contributed by atoms with Crippen LogP contribution in [0.15, 0.2) is 4.52 Å².